The normalized spacial score (nSPS) is 11.3. The van der Waals surface area contributed by atoms with Crippen LogP contribution in [0.25, 0.3) is 10.2 Å². The van der Waals surface area contributed by atoms with E-state index in [9.17, 15) is 9.18 Å². The predicted molar refractivity (Wildman–Crippen MR) is 110 cm³/mol. The van der Waals surface area contributed by atoms with Gasteiger partial charge in [0, 0.05) is 13.1 Å². The van der Waals surface area contributed by atoms with Gasteiger partial charge in [0.1, 0.15) is 5.82 Å². The number of hydrogen-bond acceptors (Lipinski definition) is 4. The summed E-state index contributed by atoms with van der Waals surface area (Å²) in [5, 5.41) is 0.715. The fraction of sp³-hybridized carbons (Fsp3) is 0.333. The molecule has 142 valence electrons. The molecule has 4 nitrogen and oxygen atoms in total. The van der Waals surface area contributed by atoms with Gasteiger partial charge < -0.3 is 4.90 Å². The monoisotopic (exact) mass is 385 g/mol. The molecular formula is C21H24FN3OS. The summed E-state index contributed by atoms with van der Waals surface area (Å²) in [5.41, 5.74) is 2.97. The van der Waals surface area contributed by atoms with E-state index in [1.54, 1.807) is 28.4 Å². The number of amides is 1. The molecule has 1 aromatic heterocycles. The molecular weight excluding hydrogens is 361 g/mol. The van der Waals surface area contributed by atoms with Crippen molar-refractivity contribution in [3.63, 3.8) is 0 Å². The maximum absolute atomic E-state index is 13.1. The largest absolute Gasteiger partial charge is 0.308 e. The molecule has 0 unspecified atom stereocenters. The zero-order valence-corrected chi connectivity index (χ0v) is 16.7. The first-order valence-corrected chi connectivity index (χ1v) is 9.87. The average Bonchev–Trinajstić information content (AvgIpc) is 3.06. The van der Waals surface area contributed by atoms with Gasteiger partial charge >= 0.3 is 0 Å². The Morgan fingerprint density at radius 1 is 1.07 bits per heavy atom. The highest BCUT2D eigenvalue weighted by Gasteiger charge is 2.20. The molecule has 0 saturated heterocycles. The molecule has 1 heterocycles. The molecule has 0 N–H and O–H groups in total. The van der Waals surface area contributed by atoms with Gasteiger partial charge in [-0.3, -0.25) is 9.69 Å². The smallest absolute Gasteiger partial charge is 0.233 e. The summed E-state index contributed by atoms with van der Waals surface area (Å²) < 4.78 is 14.2. The van der Waals surface area contributed by atoms with E-state index < -0.39 is 0 Å². The fourth-order valence-corrected chi connectivity index (χ4v) is 3.86. The number of rotatable bonds is 7. The predicted octanol–water partition coefficient (Wildman–Crippen LogP) is 4.14. The van der Waals surface area contributed by atoms with Gasteiger partial charge in [0.05, 0.1) is 16.6 Å². The minimum Gasteiger partial charge on any atom is -0.308 e. The number of carbonyl (C=O) groups is 1. The molecule has 0 aliphatic rings. The Morgan fingerprint density at radius 3 is 2.44 bits per heavy atom. The summed E-state index contributed by atoms with van der Waals surface area (Å²) in [5.74, 6) is -0.327. The number of aryl methyl sites for hydroxylation is 1. The Morgan fingerprint density at radius 2 is 1.78 bits per heavy atom. The third-order valence-corrected chi connectivity index (χ3v) is 5.46. The van der Waals surface area contributed by atoms with Gasteiger partial charge in [-0.25, -0.2) is 9.37 Å². The van der Waals surface area contributed by atoms with E-state index in [4.69, 9.17) is 0 Å². The maximum atomic E-state index is 13.1. The van der Waals surface area contributed by atoms with Crippen molar-refractivity contribution < 1.29 is 9.18 Å². The molecule has 0 saturated carbocycles. The number of halogens is 1. The summed E-state index contributed by atoms with van der Waals surface area (Å²) in [4.78, 5) is 21.5. The molecule has 0 aliphatic carbocycles. The van der Waals surface area contributed by atoms with Crippen LogP contribution >= 0.6 is 11.3 Å². The number of nitrogens with zero attached hydrogens (tertiary/aromatic N) is 3. The minimum absolute atomic E-state index is 0.0294. The van der Waals surface area contributed by atoms with E-state index in [0.29, 0.717) is 11.7 Å². The van der Waals surface area contributed by atoms with Crippen molar-refractivity contribution in [1.82, 2.24) is 9.88 Å². The number of anilines is 1. The molecule has 27 heavy (non-hydrogen) atoms. The van der Waals surface area contributed by atoms with E-state index in [-0.39, 0.29) is 18.1 Å². The van der Waals surface area contributed by atoms with Crippen LogP contribution in [0.2, 0.25) is 0 Å². The molecule has 1 amide bonds. The third-order valence-electron chi connectivity index (χ3n) is 4.42. The second kappa shape index (κ2) is 8.59. The maximum Gasteiger partial charge on any atom is 0.233 e. The SMILES string of the molecule is CCc1ccc2nc(N(CCN(C)C)C(=O)Cc3ccc(F)cc3)sc2c1. The van der Waals surface area contributed by atoms with Gasteiger partial charge in [0.15, 0.2) is 5.13 Å². The van der Waals surface area contributed by atoms with Gasteiger partial charge in [-0.2, -0.15) is 0 Å². The first kappa shape index (κ1) is 19.5. The number of hydrogen-bond donors (Lipinski definition) is 0. The van der Waals surface area contributed by atoms with Gasteiger partial charge in [0.25, 0.3) is 0 Å². The first-order valence-electron chi connectivity index (χ1n) is 9.05. The molecule has 3 rings (SSSR count). The van der Waals surface area contributed by atoms with Crippen LogP contribution in [0, 0.1) is 5.82 Å². The fourth-order valence-electron chi connectivity index (χ4n) is 2.79. The Balaban J connectivity index is 1.87. The zero-order valence-electron chi connectivity index (χ0n) is 15.9. The Kier molecular flexibility index (Phi) is 6.19. The molecule has 0 atom stereocenters. The Hall–Kier alpha value is -2.31. The number of thiazole rings is 1. The van der Waals surface area contributed by atoms with Gasteiger partial charge in [0.2, 0.25) is 5.91 Å². The van der Waals surface area contributed by atoms with Crippen molar-refractivity contribution in [1.29, 1.82) is 0 Å². The topological polar surface area (TPSA) is 36.4 Å². The van der Waals surface area contributed by atoms with E-state index in [1.807, 2.05) is 25.1 Å². The lowest BCUT2D eigenvalue weighted by atomic mass is 10.1. The second-order valence-corrected chi connectivity index (χ2v) is 7.81. The minimum atomic E-state index is -0.298. The molecule has 2 aromatic carbocycles. The highest BCUT2D eigenvalue weighted by atomic mass is 32.1. The standard InChI is InChI=1S/C21H24FN3OS/c1-4-15-7-10-18-19(13-15)27-21(23-18)25(12-11-24(2)3)20(26)14-16-5-8-17(22)9-6-16/h5-10,13H,4,11-12,14H2,1-3H3. The van der Waals surface area contributed by atoms with Gasteiger partial charge in [-0.15, -0.1) is 0 Å². The number of benzene rings is 2. The molecule has 0 aliphatic heterocycles. The number of likely N-dealkylation sites (N-methyl/N-ethyl adjacent to an activating group) is 1. The molecule has 0 fully saturated rings. The number of aromatic nitrogens is 1. The van der Waals surface area contributed by atoms with Crippen LogP contribution in [-0.4, -0.2) is 43.0 Å². The van der Waals surface area contributed by atoms with E-state index >= 15 is 0 Å². The van der Waals surface area contributed by atoms with Crippen LogP contribution in [0.15, 0.2) is 42.5 Å². The van der Waals surface area contributed by atoms with Crippen molar-refractivity contribution in [3.05, 3.63) is 59.4 Å². The van der Waals surface area contributed by atoms with Crippen molar-refractivity contribution in [2.75, 3.05) is 32.1 Å². The molecule has 3 aromatic rings. The molecule has 0 radical (unpaired) electrons. The van der Waals surface area contributed by atoms with Crippen molar-refractivity contribution >= 4 is 32.6 Å². The zero-order chi connectivity index (χ0) is 19.4. The average molecular weight is 386 g/mol. The molecule has 0 spiro atoms. The van der Waals surface area contributed by atoms with Gasteiger partial charge in [-0.1, -0.05) is 36.5 Å². The van der Waals surface area contributed by atoms with Crippen molar-refractivity contribution in [2.45, 2.75) is 19.8 Å². The summed E-state index contributed by atoms with van der Waals surface area (Å²) in [6, 6.07) is 12.3. The van der Waals surface area contributed by atoms with Gasteiger partial charge in [-0.05, 0) is 55.9 Å². The summed E-state index contributed by atoms with van der Waals surface area (Å²) in [7, 11) is 3.96. The first-order chi connectivity index (χ1) is 13.0. The highest BCUT2D eigenvalue weighted by Crippen LogP contribution is 2.30. The summed E-state index contributed by atoms with van der Waals surface area (Å²) >= 11 is 1.54. The summed E-state index contributed by atoms with van der Waals surface area (Å²) in [6.07, 6.45) is 1.20. The van der Waals surface area contributed by atoms with Crippen molar-refractivity contribution in [3.8, 4) is 0 Å². The van der Waals surface area contributed by atoms with Crippen LogP contribution in [0.3, 0.4) is 0 Å². The Bertz CT molecular complexity index is 921. The molecule has 6 heteroatoms. The number of fused-ring (bicyclic) bond motifs is 1. The molecule has 0 bridgehead atoms. The van der Waals surface area contributed by atoms with E-state index in [0.717, 1.165) is 28.7 Å². The van der Waals surface area contributed by atoms with E-state index in [2.05, 4.69) is 24.0 Å². The van der Waals surface area contributed by atoms with E-state index in [1.165, 1.54) is 17.7 Å². The van der Waals surface area contributed by atoms with Crippen LogP contribution in [0.5, 0.6) is 0 Å². The lowest BCUT2D eigenvalue weighted by Crippen LogP contribution is -2.37. The Labute approximate surface area is 163 Å². The van der Waals surface area contributed by atoms with Crippen LogP contribution in [0.1, 0.15) is 18.1 Å². The number of carbonyl (C=O) groups excluding carboxylic acids is 1. The van der Waals surface area contributed by atoms with Crippen molar-refractivity contribution in [2.24, 2.45) is 0 Å². The lowest BCUT2D eigenvalue weighted by molar-refractivity contribution is -0.118. The second-order valence-electron chi connectivity index (χ2n) is 6.80. The quantitative estimate of drug-likeness (QED) is 0.613. The third kappa shape index (κ3) is 4.90. The highest BCUT2D eigenvalue weighted by molar-refractivity contribution is 7.22. The van der Waals surface area contributed by atoms with Crippen LogP contribution in [0.4, 0.5) is 9.52 Å². The van der Waals surface area contributed by atoms with Crippen LogP contribution in [-0.2, 0) is 17.6 Å². The summed E-state index contributed by atoms with van der Waals surface area (Å²) in [6.45, 7) is 3.43. The lowest BCUT2D eigenvalue weighted by Gasteiger charge is -2.22. The van der Waals surface area contributed by atoms with Crippen LogP contribution < -0.4 is 4.90 Å².